The summed E-state index contributed by atoms with van der Waals surface area (Å²) in [5.41, 5.74) is 1.06. The van der Waals surface area contributed by atoms with Crippen molar-refractivity contribution >= 4 is 11.9 Å². The van der Waals surface area contributed by atoms with E-state index < -0.39 is 12.1 Å². The van der Waals surface area contributed by atoms with Crippen LogP contribution in [-0.4, -0.2) is 86.5 Å². The number of carboxylic acid groups (broad SMARTS) is 1. The van der Waals surface area contributed by atoms with Crippen LogP contribution in [0.15, 0.2) is 24.3 Å². The van der Waals surface area contributed by atoms with Gasteiger partial charge in [0, 0.05) is 31.6 Å². The molecule has 2 aliphatic heterocycles. The van der Waals surface area contributed by atoms with Crippen LogP contribution in [0.3, 0.4) is 0 Å². The number of carbonyl (C=O) groups excluding carboxylic acids is 1. The highest BCUT2D eigenvalue weighted by molar-refractivity contribution is 5.79. The van der Waals surface area contributed by atoms with Crippen LogP contribution in [0.5, 0.6) is 5.75 Å². The zero-order valence-corrected chi connectivity index (χ0v) is 17.9. The average Bonchev–Trinajstić information content (AvgIpc) is 2.84. The van der Waals surface area contributed by atoms with E-state index in [0.717, 1.165) is 37.6 Å². The molecule has 2 aliphatic rings. The number of ether oxygens (including phenoxy) is 2. The second-order valence-corrected chi connectivity index (χ2v) is 8.16. The lowest BCUT2D eigenvalue weighted by atomic mass is 9.79. The second-order valence-electron chi connectivity index (χ2n) is 8.16. The Morgan fingerprint density at radius 1 is 1.32 bits per heavy atom. The van der Waals surface area contributed by atoms with Crippen molar-refractivity contribution in [3.8, 4) is 5.75 Å². The molecule has 0 saturated carbocycles. The molecule has 1 N–H and O–H groups in total. The monoisotopic (exact) mass is 446 g/mol. The van der Waals surface area contributed by atoms with Gasteiger partial charge < -0.3 is 24.4 Å². The Labute approximate surface area is 179 Å². The van der Waals surface area contributed by atoms with Crippen LogP contribution in [0, 0.1) is 11.3 Å². The summed E-state index contributed by atoms with van der Waals surface area (Å²) in [5, 5.41) is 7.12. The summed E-state index contributed by atoms with van der Waals surface area (Å²) in [6.07, 6.45) is -4.67. The van der Waals surface area contributed by atoms with Crippen LogP contribution in [0.25, 0.3) is 0 Å². The van der Waals surface area contributed by atoms with Crippen molar-refractivity contribution in [1.29, 1.82) is 0 Å². The summed E-state index contributed by atoms with van der Waals surface area (Å²) < 4.78 is 42.9. The van der Waals surface area contributed by atoms with Crippen LogP contribution in [0.2, 0.25) is 0 Å². The van der Waals surface area contributed by atoms with E-state index in [1.807, 2.05) is 29.2 Å². The highest BCUT2D eigenvalue weighted by atomic mass is 19.4. The van der Waals surface area contributed by atoms with Gasteiger partial charge in [-0.2, -0.15) is 13.2 Å². The molecule has 0 radical (unpaired) electrons. The number of amides is 1. The fraction of sp³-hybridized carbons (Fsp3) is 0.619. The van der Waals surface area contributed by atoms with Crippen LogP contribution >= 0.6 is 0 Å². The van der Waals surface area contributed by atoms with E-state index in [4.69, 9.17) is 19.4 Å². The van der Waals surface area contributed by atoms with Gasteiger partial charge in [-0.3, -0.25) is 4.79 Å². The molecule has 31 heavy (non-hydrogen) atoms. The molecule has 0 bridgehead atoms. The van der Waals surface area contributed by atoms with E-state index in [1.165, 1.54) is 0 Å². The zero-order chi connectivity index (χ0) is 23.2. The maximum atomic E-state index is 12.9. The van der Waals surface area contributed by atoms with E-state index in [0.29, 0.717) is 25.5 Å². The van der Waals surface area contributed by atoms with Crippen molar-refractivity contribution in [3.05, 3.63) is 29.8 Å². The number of hydrogen-bond acceptors (Lipinski definition) is 5. The van der Waals surface area contributed by atoms with Gasteiger partial charge in [0.2, 0.25) is 5.91 Å². The van der Waals surface area contributed by atoms with Crippen molar-refractivity contribution in [3.63, 3.8) is 0 Å². The Morgan fingerprint density at radius 2 is 2.00 bits per heavy atom. The number of rotatable bonds is 3. The fourth-order valence-corrected chi connectivity index (χ4v) is 4.05. The predicted octanol–water partition coefficient (Wildman–Crippen LogP) is 2.30. The van der Waals surface area contributed by atoms with Crippen molar-refractivity contribution in [2.24, 2.45) is 11.3 Å². The van der Waals surface area contributed by atoms with Crippen LogP contribution in [-0.2, 0) is 20.7 Å². The number of carbonyl (C=O) groups is 2. The molecule has 0 unspecified atom stereocenters. The van der Waals surface area contributed by atoms with Crippen LogP contribution in [0.1, 0.15) is 12.5 Å². The first-order valence-corrected chi connectivity index (χ1v) is 9.94. The number of aliphatic carboxylic acids is 1. The molecular weight excluding hydrogens is 417 g/mol. The second kappa shape index (κ2) is 10.3. The van der Waals surface area contributed by atoms with Crippen LogP contribution in [0.4, 0.5) is 13.2 Å². The van der Waals surface area contributed by atoms with Gasteiger partial charge in [0.05, 0.1) is 26.7 Å². The van der Waals surface area contributed by atoms with Gasteiger partial charge in [0.1, 0.15) is 5.75 Å². The standard InChI is InChI=1S/C19H28N2O3.C2HF3O2/c1-15-11-20(2)12-19(15)13-21(7-8-24-14-19)18(22)10-16-5-4-6-17(9-16)23-3;3-2(4,5)1(6)7/h4-6,9,15H,7-8,10-14H2,1-3H3;(H,6,7)/t15-,19+;/m1./s1. The summed E-state index contributed by atoms with van der Waals surface area (Å²) >= 11 is 0. The highest BCUT2D eigenvalue weighted by Crippen LogP contribution is 2.37. The van der Waals surface area contributed by atoms with E-state index in [-0.39, 0.29) is 11.3 Å². The number of methoxy groups -OCH3 is 1. The molecule has 2 atom stereocenters. The molecule has 174 valence electrons. The smallest absolute Gasteiger partial charge is 0.490 e. The number of benzene rings is 1. The average molecular weight is 446 g/mol. The molecule has 0 aliphatic carbocycles. The number of carboxylic acids is 1. The largest absolute Gasteiger partial charge is 0.497 e. The molecular formula is C21H29F3N2O5. The fourth-order valence-electron chi connectivity index (χ4n) is 4.05. The predicted molar refractivity (Wildman–Crippen MR) is 107 cm³/mol. The Bertz CT molecular complexity index is 774. The maximum Gasteiger partial charge on any atom is 0.490 e. The van der Waals surface area contributed by atoms with E-state index in [1.54, 1.807) is 7.11 Å². The third-order valence-corrected chi connectivity index (χ3v) is 5.70. The summed E-state index contributed by atoms with van der Waals surface area (Å²) in [6.45, 7) is 7.20. The van der Waals surface area contributed by atoms with E-state index in [9.17, 15) is 18.0 Å². The minimum Gasteiger partial charge on any atom is -0.497 e. The van der Waals surface area contributed by atoms with Crippen molar-refractivity contribution in [1.82, 2.24) is 9.80 Å². The van der Waals surface area contributed by atoms with Gasteiger partial charge >= 0.3 is 12.1 Å². The van der Waals surface area contributed by atoms with Crippen LogP contribution < -0.4 is 4.74 Å². The van der Waals surface area contributed by atoms with Crippen molar-refractivity contribution < 1.29 is 37.3 Å². The first-order chi connectivity index (χ1) is 14.5. The number of hydrogen-bond donors (Lipinski definition) is 1. The zero-order valence-electron chi connectivity index (χ0n) is 17.9. The minimum absolute atomic E-state index is 0.0648. The Balaban J connectivity index is 0.000000423. The third-order valence-electron chi connectivity index (χ3n) is 5.70. The van der Waals surface area contributed by atoms with Gasteiger partial charge in [0.15, 0.2) is 0 Å². The molecule has 1 aromatic rings. The quantitative estimate of drug-likeness (QED) is 0.768. The molecule has 1 amide bonds. The summed E-state index contributed by atoms with van der Waals surface area (Å²) in [4.78, 5) is 26.1. The molecule has 2 saturated heterocycles. The van der Waals surface area contributed by atoms with Gasteiger partial charge in [0.25, 0.3) is 0 Å². The number of nitrogens with zero attached hydrogens (tertiary/aromatic N) is 2. The summed E-state index contributed by atoms with van der Waals surface area (Å²) in [6, 6.07) is 7.76. The first-order valence-electron chi connectivity index (χ1n) is 9.94. The highest BCUT2D eigenvalue weighted by Gasteiger charge is 2.46. The van der Waals surface area contributed by atoms with Gasteiger partial charge in [-0.1, -0.05) is 19.1 Å². The molecule has 10 heteroatoms. The van der Waals surface area contributed by atoms with Gasteiger partial charge in [-0.05, 0) is 30.7 Å². The molecule has 1 spiro atoms. The van der Waals surface area contributed by atoms with Gasteiger partial charge in [-0.15, -0.1) is 0 Å². The normalized spacial score (nSPS) is 24.3. The van der Waals surface area contributed by atoms with Crippen molar-refractivity contribution in [2.75, 3.05) is 53.6 Å². The molecule has 7 nitrogen and oxygen atoms in total. The summed E-state index contributed by atoms with van der Waals surface area (Å²) in [7, 11) is 3.80. The lowest BCUT2D eigenvalue weighted by Crippen LogP contribution is -2.46. The third kappa shape index (κ3) is 6.83. The van der Waals surface area contributed by atoms with Crippen molar-refractivity contribution in [2.45, 2.75) is 19.5 Å². The SMILES string of the molecule is COc1cccc(CC(=O)N2CCOC[C@]3(CN(C)C[C@H]3C)C2)c1.O=C(O)C(F)(F)F. The number of halogens is 3. The first kappa shape index (κ1) is 24.9. The Hall–Kier alpha value is -2.33. The lowest BCUT2D eigenvalue weighted by molar-refractivity contribution is -0.192. The van der Waals surface area contributed by atoms with Gasteiger partial charge in [-0.25, -0.2) is 4.79 Å². The maximum absolute atomic E-state index is 12.9. The van der Waals surface area contributed by atoms with E-state index >= 15 is 0 Å². The molecule has 0 aromatic heterocycles. The number of alkyl halides is 3. The molecule has 1 aromatic carbocycles. The Kier molecular flexibility index (Phi) is 8.30. The number of likely N-dealkylation sites (tertiary alicyclic amines) is 1. The Morgan fingerprint density at radius 3 is 2.55 bits per heavy atom. The van der Waals surface area contributed by atoms with E-state index in [2.05, 4.69) is 18.9 Å². The minimum atomic E-state index is -5.08. The summed E-state index contributed by atoms with van der Waals surface area (Å²) in [5.74, 6) is -1.25. The molecule has 3 rings (SSSR count). The molecule has 2 fully saturated rings. The topological polar surface area (TPSA) is 79.3 Å². The molecule has 2 heterocycles. The lowest BCUT2D eigenvalue weighted by Gasteiger charge is -2.35.